The molecule has 3 amide bonds. The molecule has 140 valence electrons. The Morgan fingerprint density at radius 3 is 2.77 bits per heavy atom. The lowest BCUT2D eigenvalue weighted by atomic mass is 9.76. The maximum Gasteiger partial charge on any atom is 0.325 e. The predicted octanol–water partition coefficient (Wildman–Crippen LogP) is 0.463. The van der Waals surface area contributed by atoms with Crippen molar-refractivity contribution in [3.63, 3.8) is 0 Å². The number of hydrogen-bond acceptors (Lipinski definition) is 5. The molecular formula is C19H25N3O4. The molecule has 7 nitrogen and oxygen atoms in total. The minimum absolute atomic E-state index is 0.0198. The topological polar surface area (TPSA) is 82.1 Å². The molecule has 2 saturated heterocycles. The van der Waals surface area contributed by atoms with E-state index >= 15 is 0 Å². The van der Waals surface area contributed by atoms with Crippen LogP contribution in [0.1, 0.15) is 24.0 Å². The molecule has 3 aliphatic rings. The number of rotatable bonds is 4. The molecule has 4 rings (SSSR count). The van der Waals surface area contributed by atoms with Crippen LogP contribution in [0.4, 0.5) is 4.79 Å². The Bertz CT molecular complexity index is 704. The van der Waals surface area contributed by atoms with Crippen LogP contribution in [0.15, 0.2) is 24.3 Å². The average Bonchev–Trinajstić information content (AvgIpc) is 2.88. The van der Waals surface area contributed by atoms with Crippen LogP contribution in [-0.4, -0.2) is 72.3 Å². The summed E-state index contributed by atoms with van der Waals surface area (Å²) in [4.78, 5) is 29.0. The van der Waals surface area contributed by atoms with Gasteiger partial charge in [-0.3, -0.25) is 14.6 Å². The molecule has 7 heteroatoms. The minimum atomic E-state index is -0.968. The van der Waals surface area contributed by atoms with E-state index in [0.29, 0.717) is 26.2 Å². The Morgan fingerprint density at radius 1 is 1.19 bits per heavy atom. The summed E-state index contributed by atoms with van der Waals surface area (Å²) in [6.07, 6.45) is 1.61. The highest BCUT2D eigenvalue weighted by Gasteiger charge is 2.54. The fourth-order valence-corrected chi connectivity index (χ4v) is 4.33. The third-order valence-corrected chi connectivity index (χ3v) is 5.62. The number of ether oxygens (including phenoxy) is 1. The first-order valence-corrected chi connectivity index (χ1v) is 9.31. The molecule has 2 atom stereocenters. The van der Waals surface area contributed by atoms with Crippen LogP contribution in [-0.2, 0) is 21.5 Å². The van der Waals surface area contributed by atoms with Crippen LogP contribution in [0.25, 0.3) is 0 Å². The lowest BCUT2D eigenvalue weighted by Gasteiger charge is -2.33. The van der Waals surface area contributed by atoms with E-state index < -0.39 is 17.7 Å². The van der Waals surface area contributed by atoms with Crippen molar-refractivity contribution in [3.05, 3.63) is 35.4 Å². The van der Waals surface area contributed by atoms with E-state index in [0.717, 1.165) is 37.1 Å². The molecule has 1 aromatic rings. The van der Waals surface area contributed by atoms with E-state index in [4.69, 9.17) is 4.74 Å². The smallest absolute Gasteiger partial charge is 0.325 e. The lowest BCUT2D eigenvalue weighted by Crippen LogP contribution is -2.48. The maximum absolute atomic E-state index is 13.2. The number of carbonyl (C=O) groups is 2. The minimum Gasteiger partial charge on any atom is -0.390 e. The van der Waals surface area contributed by atoms with E-state index in [9.17, 15) is 14.7 Å². The molecule has 26 heavy (non-hydrogen) atoms. The van der Waals surface area contributed by atoms with Crippen LogP contribution in [0.3, 0.4) is 0 Å². The predicted molar refractivity (Wildman–Crippen MR) is 94.6 cm³/mol. The molecule has 1 aliphatic carbocycles. The first-order valence-electron chi connectivity index (χ1n) is 9.31. The summed E-state index contributed by atoms with van der Waals surface area (Å²) in [5.41, 5.74) is 1.04. The highest BCUT2D eigenvalue weighted by Crippen LogP contribution is 2.39. The fraction of sp³-hybridized carbons (Fsp3) is 0.579. The Hall–Kier alpha value is -1.96. The molecule has 0 bridgehead atoms. The molecule has 0 saturated carbocycles. The average molecular weight is 359 g/mol. The molecular weight excluding hydrogens is 334 g/mol. The third kappa shape index (κ3) is 3.00. The van der Waals surface area contributed by atoms with Gasteiger partial charge < -0.3 is 15.2 Å². The zero-order valence-electron chi connectivity index (χ0n) is 14.8. The number of aryl methyl sites for hydroxylation is 1. The van der Waals surface area contributed by atoms with Gasteiger partial charge in [0, 0.05) is 19.6 Å². The van der Waals surface area contributed by atoms with Gasteiger partial charge in [-0.15, -0.1) is 0 Å². The van der Waals surface area contributed by atoms with Gasteiger partial charge in [0.05, 0.1) is 25.9 Å². The number of nitrogens with zero attached hydrogens (tertiary/aromatic N) is 2. The molecule has 1 aromatic carbocycles. The Kier molecular flexibility index (Phi) is 4.69. The molecule has 2 aliphatic heterocycles. The summed E-state index contributed by atoms with van der Waals surface area (Å²) in [5, 5.41) is 13.4. The highest BCUT2D eigenvalue weighted by atomic mass is 16.5. The van der Waals surface area contributed by atoms with E-state index in [1.807, 2.05) is 24.3 Å². The number of aliphatic hydroxyl groups excluding tert-OH is 1. The molecule has 2 N–H and O–H groups in total. The number of β-amino-alcohol motifs (C(OH)–C–C–N with tert-alkyl or cyclic N) is 1. The zero-order valence-corrected chi connectivity index (χ0v) is 14.8. The first-order chi connectivity index (χ1) is 12.6. The summed E-state index contributed by atoms with van der Waals surface area (Å²) < 4.78 is 5.31. The molecule has 0 radical (unpaired) electrons. The van der Waals surface area contributed by atoms with Crippen LogP contribution < -0.4 is 5.32 Å². The third-order valence-electron chi connectivity index (χ3n) is 5.62. The van der Waals surface area contributed by atoms with Crippen molar-refractivity contribution in [1.82, 2.24) is 15.1 Å². The second kappa shape index (κ2) is 6.98. The van der Waals surface area contributed by atoms with Crippen molar-refractivity contribution >= 4 is 11.9 Å². The SMILES string of the molecule is O=C1N[C@@]2(CCCc3ccccc32)C(=O)N1C[C@H](O)CN1CCOCC1. The fourth-order valence-electron chi connectivity index (χ4n) is 4.33. The van der Waals surface area contributed by atoms with Crippen molar-refractivity contribution in [2.45, 2.75) is 30.9 Å². The van der Waals surface area contributed by atoms with Crippen molar-refractivity contribution in [1.29, 1.82) is 0 Å². The highest BCUT2D eigenvalue weighted by molar-refractivity contribution is 6.07. The van der Waals surface area contributed by atoms with E-state index in [2.05, 4.69) is 10.2 Å². The van der Waals surface area contributed by atoms with Crippen molar-refractivity contribution in [2.75, 3.05) is 39.4 Å². The second-order valence-electron chi connectivity index (χ2n) is 7.33. The van der Waals surface area contributed by atoms with Crippen molar-refractivity contribution in [3.8, 4) is 0 Å². The molecule has 2 heterocycles. The quantitative estimate of drug-likeness (QED) is 0.764. The summed E-state index contributed by atoms with van der Waals surface area (Å²) in [6, 6.07) is 7.41. The molecule has 0 aromatic heterocycles. The van der Waals surface area contributed by atoms with Crippen molar-refractivity contribution in [2.24, 2.45) is 0 Å². The van der Waals surface area contributed by atoms with Crippen molar-refractivity contribution < 1.29 is 19.4 Å². The molecule has 1 spiro atoms. The van der Waals surface area contributed by atoms with Gasteiger partial charge in [-0.25, -0.2) is 4.79 Å². The number of amides is 3. The number of nitrogens with one attached hydrogen (secondary N) is 1. The van der Waals surface area contributed by atoms with Gasteiger partial charge in [0.15, 0.2) is 0 Å². The zero-order chi connectivity index (χ0) is 18.1. The number of carbonyl (C=O) groups excluding carboxylic acids is 2. The monoisotopic (exact) mass is 359 g/mol. The maximum atomic E-state index is 13.2. The van der Waals surface area contributed by atoms with Crippen LogP contribution >= 0.6 is 0 Å². The van der Waals surface area contributed by atoms with E-state index in [-0.39, 0.29) is 12.5 Å². The molecule has 0 unspecified atom stereocenters. The van der Waals surface area contributed by atoms with Gasteiger partial charge in [0.1, 0.15) is 5.54 Å². The summed E-state index contributed by atoms with van der Waals surface area (Å²) in [7, 11) is 0. The lowest BCUT2D eigenvalue weighted by molar-refractivity contribution is -0.133. The van der Waals surface area contributed by atoms with Crippen LogP contribution in [0.2, 0.25) is 0 Å². The van der Waals surface area contributed by atoms with Crippen LogP contribution in [0, 0.1) is 0 Å². The van der Waals surface area contributed by atoms with Gasteiger partial charge in [-0.1, -0.05) is 24.3 Å². The van der Waals surface area contributed by atoms with Crippen LogP contribution in [0.5, 0.6) is 0 Å². The standard InChI is InChI=1S/C19H25N3O4/c23-15(12-21-8-10-26-11-9-21)13-22-17(24)19(20-18(22)25)7-3-5-14-4-1-2-6-16(14)19/h1-2,4,6,15,23H,3,5,7-13H2,(H,20,25)/t15-,19-/m1/s1. The summed E-state index contributed by atoms with van der Waals surface area (Å²) >= 11 is 0. The Balaban J connectivity index is 1.49. The van der Waals surface area contributed by atoms with E-state index in [1.54, 1.807) is 0 Å². The Labute approximate surface area is 152 Å². The van der Waals surface area contributed by atoms with Gasteiger partial charge >= 0.3 is 6.03 Å². The number of fused-ring (bicyclic) bond motifs is 2. The van der Waals surface area contributed by atoms with Gasteiger partial charge in [0.2, 0.25) is 0 Å². The molecule has 2 fully saturated rings. The number of aliphatic hydroxyl groups is 1. The Morgan fingerprint density at radius 2 is 1.96 bits per heavy atom. The van der Waals surface area contributed by atoms with Gasteiger partial charge in [-0.2, -0.15) is 0 Å². The van der Waals surface area contributed by atoms with E-state index in [1.165, 1.54) is 4.90 Å². The number of morpholine rings is 1. The summed E-state index contributed by atoms with van der Waals surface area (Å²) in [5.74, 6) is -0.240. The largest absolute Gasteiger partial charge is 0.390 e. The number of hydrogen-bond donors (Lipinski definition) is 2. The second-order valence-corrected chi connectivity index (χ2v) is 7.33. The van der Waals surface area contributed by atoms with Gasteiger partial charge in [0.25, 0.3) is 5.91 Å². The normalized spacial score (nSPS) is 27.5. The van der Waals surface area contributed by atoms with Gasteiger partial charge in [-0.05, 0) is 30.4 Å². The first kappa shape index (κ1) is 17.5. The number of urea groups is 1. The summed E-state index contributed by atoms with van der Waals surface area (Å²) in [6.45, 7) is 3.27. The number of benzene rings is 1. The number of imide groups is 1.